The first-order chi connectivity index (χ1) is 8.25. The quantitative estimate of drug-likeness (QED) is 0.687. The van der Waals surface area contributed by atoms with E-state index in [1.807, 2.05) is 6.07 Å². The average molecular weight is 359 g/mol. The third kappa shape index (κ3) is 4.14. The first-order valence-corrected chi connectivity index (χ1v) is 7.72. The van der Waals surface area contributed by atoms with Crippen LogP contribution in [0.4, 0.5) is 5.69 Å². The molecule has 1 atom stereocenters. The van der Waals surface area contributed by atoms with Crippen LogP contribution in [0.5, 0.6) is 0 Å². The van der Waals surface area contributed by atoms with Crippen molar-refractivity contribution in [3.8, 4) is 0 Å². The van der Waals surface area contributed by atoms with Gasteiger partial charge < -0.3 is 5.32 Å². The van der Waals surface area contributed by atoms with E-state index in [-0.39, 0.29) is 0 Å². The predicted octanol–water partition coefficient (Wildman–Crippen LogP) is 5.51. The van der Waals surface area contributed by atoms with Crippen molar-refractivity contribution in [1.82, 2.24) is 0 Å². The lowest BCUT2D eigenvalue weighted by molar-refractivity contribution is 0.610. The molecule has 17 heavy (non-hydrogen) atoms. The molecular weight excluding hydrogens is 342 g/mol. The molecule has 0 fully saturated rings. The molecule has 1 nitrogen and oxygen atoms in total. The first kappa shape index (κ1) is 13.2. The minimum atomic E-state index is 0.459. The van der Waals surface area contributed by atoms with Gasteiger partial charge in [-0.2, -0.15) is 0 Å². The summed E-state index contributed by atoms with van der Waals surface area (Å²) in [6.45, 7) is 0. The fourth-order valence-corrected chi connectivity index (χ4v) is 2.81. The fourth-order valence-electron chi connectivity index (χ4n) is 2.09. The maximum absolute atomic E-state index is 3.59. The number of nitrogens with one attached hydrogen (secondary N) is 1. The molecule has 1 aromatic rings. The van der Waals surface area contributed by atoms with Gasteiger partial charge in [-0.25, -0.2) is 0 Å². The van der Waals surface area contributed by atoms with Crippen LogP contribution < -0.4 is 5.32 Å². The van der Waals surface area contributed by atoms with E-state index in [2.05, 4.69) is 61.5 Å². The Hall–Kier alpha value is -0.280. The summed E-state index contributed by atoms with van der Waals surface area (Å²) >= 11 is 7.09. The third-order valence-electron chi connectivity index (χ3n) is 3.02. The summed E-state index contributed by atoms with van der Waals surface area (Å²) in [5, 5.41) is 3.59. The summed E-state index contributed by atoms with van der Waals surface area (Å²) in [5.41, 5.74) is 1.16. The molecule has 0 amide bonds. The molecule has 1 unspecified atom stereocenters. The number of benzene rings is 1. The van der Waals surface area contributed by atoms with Gasteiger partial charge >= 0.3 is 0 Å². The lowest BCUT2D eigenvalue weighted by Gasteiger charge is -2.19. The van der Waals surface area contributed by atoms with Crippen molar-refractivity contribution < 1.29 is 0 Å². The van der Waals surface area contributed by atoms with Crippen molar-refractivity contribution in [3.05, 3.63) is 39.3 Å². The Morgan fingerprint density at radius 3 is 2.88 bits per heavy atom. The van der Waals surface area contributed by atoms with E-state index in [1.165, 1.54) is 32.1 Å². The second-order valence-electron chi connectivity index (χ2n) is 4.44. The minimum absolute atomic E-state index is 0.459. The van der Waals surface area contributed by atoms with Crippen molar-refractivity contribution in [2.24, 2.45) is 0 Å². The fraction of sp³-hybridized carbons (Fsp3) is 0.429. The van der Waals surface area contributed by atoms with Gasteiger partial charge in [-0.05, 0) is 53.4 Å². The summed E-state index contributed by atoms with van der Waals surface area (Å²) in [6, 6.07) is 6.69. The van der Waals surface area contributed by atoms with Gasteiger partial charge in [-0.1, -0.05) is 40.9 Å². The summed E-state index contributed by atoms with van der Waals surface area (Å²) in [4.78, 5) is 0. The molecule has 0 aliphatic heterocycles. The second kappa shape index (κ2) is 6.60. The Morgan fingerprint density at radius 2 is 2.00 bits per heavy atom. The molecule has 2 rings (SSSR count). The van der Waals surface area contributed by atoms with Crippen LogP contribution in [0.15, 0.2) is 39.3 Å². The molecule has 92 valence electrons. The van der Waals surface area contributed by atoms with Gasteiger partial charge in [0.2, 0.25) is 0 Å². The van der Waals surface area contributed by atoms with Gasteiger partial charge in [-0.3, -0.25) is 0 Å². The van der Waals surface area contributed by atoms with E-state index >= 15 is 0 Å². The lowest BCUT2D eigenvalue weighted by atomic mass is 10.0. The highest BCUT2D eigenvalue weighted by Crippen LogP contribution is 2.28. The van der Waals surface area contributed by atoms with Gasteiger partial charge in [0.25, 0.3) is 0 Å². The topological polar surface area (TPSA) is 12.0 Å². The van der Waals surface area contributed by atoms with E-state index in [0.717, 1.165) is 14.6 Å². The smallest absolute Gasteiger partial charge is 0.0500 e. The molecule has 1 aliphatic carbocycles. The third-order valence-corrected chi connectivity index (χ3v) is 4.21. The Bertz CT molecular complexity index is 401. The van der Waals surface area contributed by atoms with Crippen LogP contribution in [0, 0.1) is 0 Å². The van der Waals surface area contributed by atoms with Crippen molar-refractivity contribution in [2.75, 3.05) is 5.32 Å². The van der Waals surface area contributed by atoms with Crippen molar-refractivity contribution in [1.29, 1.82) is 0 Å². The van der Waals surface area contributed by atoms with Crippen LogP contribution in [0.3, 0.4) is 0 Å². The Balaban J connectivity index is 2.07. The van der Waals surface area contributed by atoms with Gasteiger partial charge in [0.1, 0.15) is 0 Å². The molecule has 0 bridgehead atoms. The normalized spacial score (nSPS) is 22.6. The molecular formula is C14H17Br2N. The first-order valence-electron chi connectivity index (χ1n) is 6.14. The van der Waals surface area contributed by atoms with Crippen LogP contribution >= 0.6 is 31.9 Å². The summed E-state index contributed by atoms with van der Waals surface area (Å²) in [7, 11) is 0. The molecule has 0 saturated heterocycles. The zero-order valence-corrected chi connectivity index (χ0v) is 12.9. The number of hydrogen-bond acceptors (Lipinski definition) is 1. The molecule has 1 N–H and O–H groups in total. The molecule has 0 heterocycles. The van der Waals surface area contributed by atoms with Gasteiger partial charge in [0.05, 0.1) is 5.69 Å². The van der Waals surface area contributed by atoms with E-state index in [1.54, 1.807) is 0 Å². The summed E-state index contributed by atoms with van der Waals surface area (Å²) in [6.07, 6.45) is 11.1. The molecule has 0 radical (unpaired) electrons. The van der Waals surface area contributed by atoms with Crippen LogP contribution in [-0.2, 0) is 0 Å². The van der Waals surface area contributed by atoms with Crippen LogP contribution in [0.2, 0.25) is 0 Å². The number of hydrogen-bond donors (Lipinski definition) is 1. The average Bonchev–Trinajstić information content (AvgIpc) is 2.27. The highest BCUT2D eigenvalue weighted by Gasteiger charge is 2.08. The number of allylic oxidation sites excluding steroid dienone is 1. The SMILES string of the molecule is Brc1ccc(Br)c(NC2/C=C/CCCCC2)c1. The van der Waals surface area contributed by atoms with Crippen molar-refractivity contribution in [3.63, 3.8) is 0 Å². The monoisotopic (exact) mass is 357 g/mol. The molecule has 1 aliphatic rings. The van der Waals surface area contributed by atoms with E-state index in [0.29, 0.717) is 6.04 Å². The van der Waals surface area contributed by atoms with Crippen LogP contribution in [-0.4, -0.2) is 6.04 Å². The zero-order chi connectivity index (χ0) is 12.1. The highest BCUT2D eigenvalue weighted by molar-refractivity contribution is 9.11. The van der Waals surface area contributed by atoms with Crippen LogP contribution in [0.1, 0.15) is 32.1 Å². The van der Waals surface area contributed by atoms with Crippen molar-refractivity contribution >= 4 is 37.5 Å². The molecule has 0 spiro atoms. The van der Waals surface area contributed by atoms with Gasteiger partial charge in [0.15, 0.2) is 0 Å². The zero-order valence-electron chi connectivity index (χ0n) is 9.76. The highest BCUT2D eigenvalue weighted by atomic mass is 79.9. The largest absolute Gasteiger partial charge is 0.378 e. The number of anilines is 1. The molecule has 1 aromatic carbocycles. The predicted molar refractivity (Wildman–Crippen MR) is 81.5 cm³/mol. The number of rotatable bonds is 2. The van der Waals surface area contributed by atoms with Crippen molar-refractivity contribution in [2.45, 2.75) is 38.1 Å². The van der Waals surface area contributed by atoms with Gasteiger partial charge in [-0.15, -0.1) is 0 Å². The number of halogens is 2. The van der Waals surface area contributed by atoms with E-state index in [9.17, 15) is 0 Å². The summed E-state index contributed by atoms with van der Waals surface area (Å²) in [5.74, 6) is 0. The molecule has 0 aromatic heterocycles. The van der Waals surface area contributed by atoms with E-state index < -0.39 is 0 Å². The Kier molecular flexibility index (Phi) is 5.11. The summed E-state index contributed by atoms with van der Waals surface area (Å²) < 4.78 is 2.23. The minimum Gasteiger partial charge on any atom is -0.378 e. The standard InChI is InChI=1S/C14H17Br2N/c15-11-8-9-13(16)14(10-11)17-12-6-4-2-1-3-5-7-12/h4,6,8-10,12,17H,1-3,5,7H2/b6-4+. The Labute approximate surface area is 120 Å². The molecule has 0 saturated carbocycles. The Morgan fingerprint density at radius 1 is 1.12 bits per heavy atom. The van der Waals surface area contributed by atoms with Gasteiger partial charge in [0, 0.05) is 15.0 Å². The maximum atomic E-state index is 3.59. The van der Waals surface area contributed by atoms with Crippen LogP contribution in [0.25, 0.3) is 0 Å². The second-order valence-corrected chi connectivity index (χ2v) is 6.21. The van der Waals surface area contributed by atoms with E-state index in [4.69, 9.17) is 0 Å². The lowest BCUT2D eigenvalue weighted by Crippen LogP contribution is -2.17. The molecule has 3 heteroatoms. The maximum Gasteiger partial charge on any atom is 0.0500 e.